The molecule has 204 valence electrons. The standard InChI is InChI=1S/C40H28N2O/c1-3-38-36(37-25-41-22-21-39(37)43-38)23-26(2)42(30-17-15-28(16-18-30)27-9-5-4-6-10-27)31-19-20-32-33-13-7-11-29-12-8-14-34(40(29)33)35(32)24-31/h3-25H,1H2,2H3/b26-23+. The smallest absolute Gasteiger partial charge is 0.138 e. The van der Waals surface area contributed by atoms with Gasteiger partial charge in [-0.15, -0.1) is 0 Å². The van der Waals surface area contributed by atoms with E-state index in [1.807, 2.05) is 18.3 Å². The first-order valence-corrected chi connectivity index (χ1v) is 14.5. The van der Waals surface area contributed by atoms with Crippen molar-refractivity contribution < 1.29 is 4.42 Å². The van der Waals surface area contributed by atoms with Crippen LogP contribution in [-0.2, 0) is 0 Å². The number of fused-ring (bicyclic) bond motifs is 4. The number of hydrogen-bond acceptors (Lipinski definition) is 3. The first-order valence-electron chi connectivity index (χ1n) is 14.5. The fourth-order valence-electron chi connectivity index (χ4n) is 6.46. The summed E-state index contributed by atoms with van der Waals surface area (Å²) in [5, 5.41) is 3.57. The zero-order valence-electron chi connectivity index (χ0n) is 23.8. The van der Waals surface area contributed by atoms with E-state index in [0.717, 1.165) is 39.4 Å². The minimum atomic E-state index is 0.734. The molecular weight excluding hydrogens is 524 g/mol. The van der Waals surface area contributed by atoms with Gasteiger partial charge in [-0.25, -0.2) is 0 Å². The van der Waals surface area contributed by atoms with Gasteiger partial charge in [-0.1, -0.05) is 91.5 Å². The Morgan fingerprint density at radius 2 is 1.44 bits per heavy atom. The Labute approximate surface area is 250 Å². The van der Waals surface area contributed by atoms with Gasteiger partial charge < -0.3 is 9.32 Å². The van der Waals surface area contributed by atoms with E-state index in [-0.39, 0.29) is 0 Å². The van der Waals surface area contributed by atoms with Crippen LogP contribution >= 0.6 is 0 Å². The van der Waals surface area contributed by atoms with E-state index in [4.69, 9.17) is 4.42 Å². The molecule has 0 spiro atoms. The largest absolute Gasteiger partial charge is 0.456 e. The highest BCUT2D eigenvalue weighted by Gasteiger charge is 2.23. The maximum absolute atomic E-state index is 6.11. The molecule has 3 nitrogen and oxygen atoms in total. The van der Waals surface area contributed by atoms with Gasteiger partial charge in [0, 0.05) is 40.4 Å². The minimum Gasteiger partial charge on any atom is -0.456 e. The molecule has 5 aromatic carbocycles. The van der Waals surface area contributed by atoms with Crippen molar-refractivity contribution in [3.63, 3.8) is 0 Å². The summed E-state index contributed by atoms with van der Waals surface area (Å²) in [6, 6.07) is 41.2. The molecular formula is C40H28N2O. The average molecular weight is 553 g/mol. The van der Waals surface area contributed by atoms with Crippen LogP contribution in [0.4, 0.5) is 11.4 Å². The summed E-state index contributed by atoms with van der Waals surface area (Å²) in [5.74, 6) is 0.734. The second-order valence-electron chi connectivity index (χ2n) is 10.9. The third-order valence-electron chi connectivity index (χ3n) is 8.43. The van der Waals surface area contributed by atoms with Crippen molar-refractivity contribution in [2.75, 3.05) is 4.90 Å². The van der Waals surface area contributed by atoms with Crippen LogP contribution in [-0.4, -0.2) is 4.98 Å². The highest BCUT2D eigenvalue weighted by molar-refractivity contribution is 6.15. The van der Waals surface area contributed by atoms with Gasteiger partial charge in [0.1, 0.15) is 11.3 Å². The van der Waals surface area contributed by atoms with Crippen molar-refractivity contribution in [2.45, 2.75) is 6.92 Å². The summed E-state index contributed by atoms with van der Waals surface area (Å²) in [6.07, 6.45) is 7.56. The highest BCUT2D eigenvalue weighted by Crippen LogP contribution is 2.49. The summed E-state index contributed by atoms with van der Waals surface area (Å²) >= 11 is 0. The normalized spacial score (nSPS) is 12.1. The molecule has 2 heterocycles. The molecule has 3 heteroatoms. The number of nitrogens with zero attached hydrogens (tertiary/aromatic N) is 2. The summed E-state index contributed by atoms with van der Waals surface area (Å²) in [6.45, 7) is 6.16. The van der Waals surface area contributed by atoms with Gasteiger partial charge in [0.15, 0.2) is 0 Å². The third-order valence-corrected chi connectivity index (χ3v) is 8.43. The Hall–Kier alpha value is -5.67. The Morgan fingerprint density at radius 1 is 0.721 bits per heavy atom. The summed E-state index contributed by atoms with van der Waals surface area (Å²) in [7, 11) is 0. The molecule has 0 saturated carbocycles. The average Bonchev–Trinajstić information content (AvgIpc) is 3.58. The van der Waals surface area contributed by atoms with Crippen LogP contribution < -0.4 is 4.90 Å². The monoisotopic (exact) mass is 552 g/mol. The van der Waals surface area contributed by atoms with Crippen LogP contribution in [0.2, 0.25) is 0 Å². The summed E-state index contributed by atoms with van der Waals surface area (Å²) in [4.78, 5) is 6.69. The molecule has 1 aliphatic carbocycles. The minimum absolute atomic E-state index is 0.734. The van der Waals surface area contributed by atoms with Gasteiger partial charge in [0.2, 0.25) is 0 Å². The molecule has 0 fully saturated rings. The Bertz CT molecular complexity index is 2200. The van der Waals surface area contributed by atoms with Gasteiger partial charge in [-0.2, -0.15) is 0 Å². The van der Waals surface area contributed by atoms with Gasteiger partial charge in [0.25, 0.3) is 0 Å². The van der Waals surface area contributed by atoms with Crippen LogP contribution in [0.25, 0.3) is 67.3 Å². The number of furan rings is 1. The SMILES string of the molecule is C=Cc1oc2ccncc2c1/C=C(\C)N(c1ccc(-c2ccccc2)cc1)c1ccc2c(c1)-c1cccc3cccc-2c13. The molecule has 0 N–H and O–H groups in total. The lowest BCUT2D eigenvalue weighted by Gasteiger charge is -2.27. The van der Waals surface area contributed by atoms with Gasteiger partial charge in [0.05, 0.1) is 0 Å². The van der Waals surface area contributed by atoms with Gasteiger partial charge in [-0.05, 0) is 93.6 Å². The molecule has 0 atom stereocenters. The summed E-state index contributed by atoms with van der Waals surface area (Å²) < 4.78 is 6.11. The van der Waals surface area contributed by atoms with E-state index in [1.54, 1.807) is 12.3 Å². The molecule has 43 heavy (non-hydrogen) atoms. The van der Waals surface area contributed by atoms with Crippen molar-refractivity contribution in [2.24, 2.45) is 0 Å². The maximum atomic E-state index is 6.11. The van der Waals surface area contributed by atoms with Crippen LogP contribution in [0.1, 0.15) is 18.2 Å². The zero-order chi connectivity index (χ0) is 28.9. The number of anilines is 2. The van der Waals surface area contributed by atoms with Crippen molar-refractivity contribution in [1.29, 1.82) is 0 Å². The molecule has 2 aromatic heterocycles. The van der Waals surface area contributed by atoms with Crippen LogP contribution in [0.15, 0.2) is 144 Å². The Morgan fingerprint density at radius 3 is 2.21 bits per heavy atom. The van der Waals surface area contributed by atoms with E-state index < -0.39 is 0 Å². The van der Waals surface area contributed by atoms with Crippen molar-refractivity contribution >= 4 is 45.3 Å². The fraction of sp³-hybridized carbons (Fsp3) is 0.0250. The van der Waals surface area contributed by atoms with Crippen LogP contribution in [0, 0.1) is 0 Å². The lowest BCUT2D eigenvalue weighted by molar-refractivity contribution is 0.603. The lowest BCUT2D eigenvalue weighted by Crippen LogP contribution is -2.14. The highest BCUT2D eigenvalue weighted by atomic mass is 16.3. The molecule has 1 aliphatic rings. The molecule has 0 saturated heterocycles. The quantitative estimate of drug-likeness (QED) is 0.205. The predicted molar refractivity (Wildman–Crippen MR) is 180 cm³/mol. The van der Waals surface area contributed by atoms with Crippen molar-refractivity contribution in [1.82, 2.24) is 4.98 Å². The number of rotatable bonds is 6. The third kappa shape index (κ3) is 4.09. The fourth-order valence-corrected chi connectivity index (χ4v) is 6.46. The van der Waals surface area contributed by atoms with Crippen LogP contribution in [0.5, 0.6) is 0 Å². The number of aromatic nitrogens is 1. The van der Waals surface area contributed by atoms with E-state index in [9.17, 15) is 0 Å². The molecule has 0 unspecified atom stereocenters. The van der Waals surface area contributed by atoms with E-state index in [1.165, 1.54) is 44.2 Å². The Kier molecular flexibility index (Phi) is 5.83. The van der Waals surface area contributed by atoms with E-state index >= 15 is 0 Å². The van der Waals surface area contributed by atoms with E-state index in [0.29, 0.717) is 0 Å². The lowest BCUT2D eigenvalue weighted by atomic mass is 10.0. The first kappa shape index (κ1) is 25.1. The molecule has 0 radical (unpaired) electrons. The van der Waals surface area contributed by atoms with Gasteiger partial charge in [-0.3, -0.25) is 4.98 Å². The second-order valence-corrected chi connectivity index (χ2v) is 10.9. The number of hydrogen-bond donors (Lipinski definition) is 0. The summed E-state index contributed by atoms with van der Waals surface area (Å²) in [5.41, 5.74) is 12.5. The van der Waals surface area contributed by atoms with E-state index in [2.05, 4.69) is 133 Å². The van der Waals surface area contributed by atoms with Crippen molar-refractivity contribution in [3.8, 4) is 33.4 Å². The van der Waals surface area contributed by atoms with Gasteiger partial charge >= 0.3 is 0 Å². The van der Waals surface area contributed by atoms with Crippen molar-refractivity contribution in [3.05, 3.63) is 151 Å². The molecule has 0 amide bonds. The number of benzene rings is 5. The Balaban J connectivity index is 1.30. The topological polar surface area (TPSA) is 29.3 Å². The maximum Gasteiger partial charge on any atom is 0.138 e. The molecule has 7 aromatic rings. The molecule has 0 aliphatic heterocycles. The zero-order valence-corrected chi connectivity index (χ0v) is 23.8. The molecule has 8 rings (SSSR count). The second kappa shape index (κ2) is 10.0. The van der Waals surface area contributed by atoms with Crippen LogP contribution in [0.3, 0.4) is 0 Å². The molecule has 0 bridgehead atoms. The number of allylic oxidation sites excluding steroid dienone is 1. The predicted octanol–water partition coefficient (Wildman–Crippen LogP) is 11.1. The number of pyridine rings is 1. The first-order chi connectivity index (χ1) is 21.2.